The van der Waals surface area contributed by atoms with Crippen molar-refractivity contribution in [3.05, 3.63) is 48.5 Å². The zero-order valence-electron chi connectivity index (χ0n) is 11.1. The average molecular weight is 369 g/mol. The molecule has 8 heteroatoms. The molecule has 2 rings (SSSR count). The summed E-state index contributed by atoms with van der Waals surface area (Å²) >= 11 is 10.4. The van der Waals surface area contributed by atoms with Gasteiger partial charge in [0.15, 0.2) is 0 Å². The molecule has 0 aliphatic rings. The monoisotopic (exact) mass is 368 g/mol. The smallest absolute Gasteiger partial charge is 0.149 e. The lowest BCUT2D eigenvalue weighted by Crippen LogP contribution is -2.06. The largest absolute Gasteiger partial charge is 0.508 e. The first-order valence-corrected chi connectivity index (χ1v) is 9.04. The number of nitrogens with one attached hydrogen (secondary N) is 2. The van der Waals surface area contributed by atoms with Crippen molar-refractivity contribution in [3.63, 3.8) is 0 Å². The third-order valence-corrected chi connectivity index (χ3v) is 5.60. The summed E-state index contributed by atoms with van der Waals surface area (Å²) in [7, 11) is 2.65. The maximum atomic E-state index is 9.21. The first kappa shape index (κ1) is 16.9. The van der Waals surface area contributed by atoms with Gasteiger partial charge in [-0.3, -0.25) is 0 Å². The van der Waals surface area contributed by atoms with Crippen molar-refractivity contribution in [2.24, 2.45) is 0 Å². The molecular weight excluding hydrogens is 356 g/mol. The Morgan fingerprint density at radius 2 is 1.00 bits per heavy atom. The van der Waals surface area contributed by atoms with Gasteiger partial charge >= 0.3 is 0 Å². The number of rotatable bonds is 2. The number of thiocarbonyl (C=S) groups is 2. The van der Waals surface area contributed by atoms with Gasteiger partial charge in [-0.15, -0.1) is 0 Å². The van der Waals surface area contributed by atoms with E-state index in [0.29, 0.717) is 8.64 Å². The molecule has 0 saturated carbocycles. The van der Waals surface area contributed by atoms with Crippen LogP contribution < -0.4 is 10.6 Å². The molecule has 0 unspecified atom stereocenters. The van der Waals surface area contributed by atoms with E-state index in [4.69, 9.17) is 24.4 Å². The summed E-state index contributed by atoms with van der Waals surface area (Å²) in [4.78, 5) is 0. The minimum absolute atomic E-state index is 0.206. The maximum absolute atomic E-state index is 9.21. The SMILES string of the molecule is Oc1ccc(NC(=S)SSC(=S)Nc2ccc(O)cc2)cc1. The predicted octanol–water partition coefficient (Wildman–Crippen LogP) is 4.57. The van der Waals surface area contributed by atoms with Crippen molar-refractivity contribution in [2.75, 3.05) is 10.6 Å². The van der Waals surface area contributed by atoms with Crippen LogP contribution in [-0.2, 0) is 0 Å². The van der Waals surface area contributed by atoms with Gasteiger partial charge in [-0.25, -0.2) is 0 Å². The van der Waals surface area contributed by atoms with Crippen molar-refractivity contribution >= 4 is 66.0 Å². The van der Waals surface area contributed by atoms with Gasteiger partial charge in [0.1, 0.15) is 20.1 Å². The molecule has 2 aromatic rings. The highest BCUT2D eigenvalue weighted by Crippen LogP contribution is 2.27. The fraction of sp³-hybridized carbons (Fsp3) is 0. The highest BCUT2D eigenvalue weighted by atomic mass is 33.1. The Labute approximate surface area is 146 Å². The molecule has 0 aliphatic heterocycles. The number of anilines is 2. The Bertz CT molecular complexity index is 600. The van der Waals surface area contributed by atoms with E-state index < -0.39 is 0 Å². The second kappa shape index (κ2) is 8.23. The van der Waals surface area contributed by atoms with Crippen LogP contribution in [-0.4, -0.2) is 18.9 Å². The van der Waals surface area contributed by atoms with E-state index in [1.165, 1.54) is 21.6 Å². The number of hydrogen-bond acceptors (Lipinski definition) is 6. The molecule has 114 valence electrons. The minimum Gasteiger partial charge on any atom is -0.508 e. The van der Waals surface area contributed by atoms with E-state index >= 15 is 0 Å². The fourth-order valence-electron chi connectivity index (χ4n) is 1.44. The van der Waals surface area contributed by atoms with Gasteiger partial charge in [0.2, 0.25) is 0 Å². The van der Waals surface area contributed by atoms with Gasteiger partial charge in [0.25, 0.3) is 0 Å². The van der Waals surface area contributed by atoms with Crippen LogP contribution in [0.2, 0.25) is 0 Å². The van der Waals surface area contributed by atoms with Gasteiger partial charge in [0.05, 0.1) is 0 Å². The highest BCUT2D eigenvalue weighted by Gasteiger charge is 2.04. The molecule has 0 saturated heterocycles. The molecule has 0 amide bonds. The van der Waals surface area contributed by atoms with E-state index in [1.54, 1.807) is 48.5 Å². The van der Waals surface area contributed by atoms with Crippen LogP contribution in [0.5, 0.6) is 11.5 Å². The highest BCUT2D eigenvalue weighted by molar-refractivity contribution is 8.89. The first-order valence-electron chi connectivity index (χ1n) is 6.07. The molecule has 0 radical (unpaired) electrons. The summed E-state index contributed by atoms with van der Waals surface area (Å²) in [6.45, 7) is 0. The summed E-state index contributed by atoms with van der Waals surface area (Å²) < 4.78 is 1.12. The maximum Gasteiger partial charge on any atom is 0.149 e. The lowest BCUT2D eigenvalue weighted by Gasteiger charge is -2.09. The number of phenolic OH excluding ortho intramolecular Hbond substituents is 2. The molecule has 4 nitrogen and oxygen atoms in total. The number of aromatic hydroxyl groups is 2. The Kier molecular flexibility index (Phi) is 6.32. The topological polar surface area (TPSA) is 64.5 Å². The fourth-order valence-corrected chi connectivity index (χ4v) is 3.47. The van der Waals surface area contributed by atoms with E-state index in [9.17, 15) is 10.2 Å². The Balaban J connectivity index is 1.76. The summed E-state index contributed by atoms with van der Waals surface area (Å²) in [5.74, 6) is 0.413. The Morgan fingerprint density at radius 1 is 0.682 bits per heavy atom. The predicted molar refractivity (Wildman–Crippen MR) is 104 cm³/mol. The lowest BCUT2D eigenvalue weighted by molar-refractivity contribution is 0.475. The van der Waals surface area contributed by atoms with Crippen LogP contribution in [0.25, 0.3) is 0 Å². The van der Waals surface area contributed by atoms with Crippen molar-refractivity contribution in [3.8, 4) is 11.5 Å². The molecule has 0 fully saturated rings. The number of benzene rings is 2. The second-order valence-electron chi connectivity index (χ2n) is 4.09. The normalized spacial score (nSPS) is 10.0. The Morgan fingerprint density at radius 3 is 1.32 bits per heavy atom. The molecule has 2 aromatic carbocycles. The molecule has 0 aliphatic carbocycles. The van der Waals surface area contributed by atoms with Gasteiger partial charge in [-0.05, 0) is 70.1 Å². The molecule has 4 N–H and O–H groups in total. The van der Waals surface area contributed by atoms with Gasteiger partial charge in [-0.2, -0.15) is 0 Å². The molecule has 0 aromatic heterocycles. The Hall–Kier alpha value is -1.48. The van der Waals surface area contributed by atoms with E-state index in [0.717, 1.165) is 11.4 Å². The molecule has 0 heterocycles. The number of hydrogen-bond donors (Lipinski definition) is 4. The van der Waals surface area contributed by atoms with Crippen molar-refractivity contribution in [2.45, 2.75) is 0 Å². The standard InChI is InChI=1S/C14H12N2O2S4/c17-11-5-1-9(2-6-11)15-13(19)21-22-14(20)16-10-3-7-12(18)8-4-10/h1-8,17-18H,(H,15,19)(H,16,20). The third-order valence-electron chi connectivity index (χ3n) is 2.42. The number of phenols is 2. The molecule has 0 atom stereocenters. The van der Waals surface area contributed by atoms with Crippen LogP contribution in [0.15, 0.2) is 48.5 Å². The van der Waals surface area contributed by atoms with Gasteiger partial charge in [0, 0.05) is 11.4 Å². The van der Waals surface area contributed by atoms with Crippen LogP contribution in [0.4, 0.5) is 11.4 Å². The van der Waals surface area contributed by atoms with Crippen molar-refractivity contribution in [1.29, 1.82) is 0 Å². The zero-order valence-corrected chi connectivity index (χ0v) is 14.4. The summed E-state index contributed by atoms with van der Waals surface area (Å²) in [6.07, 6.45) is 0. The average Bonchev–Trinajstić information content (AvgIpc) is 2.50. The minimum atomic E-state index is 0.206. The van der Waals surface area contributed by atoms with E-state index in [-0.39, 0.29) is 11.5 Å². The third kappa shape index (κ3) is 5.72. The van der Waals surface area contributed by atoms with Gasteiger partial charge < -0.3 is 20.8 Å². The molecule has 22 heavy (non-hydrogen) atoms. The summed E-state index contributed by atoms with van der Waals surface area (Å²) in [5.41, 5.74) is 1.60. The van der Waals surface area contributed by atoms with E-state index in [1.807, 2.05) is 0 Å². The molecule has 0 spiro atoms. The molecular formula is C14H12N2O2S4. The van der Waals surface area contributed by atoms with Crippen LogP contribution in [0.3, 0.4) is 0 Å². The quantitative estimate of drug-likeness (QED) is 0.349. The van der Waals surface area contributed by atoms with E-state index in [2.05, 4.69) is 10.6 Å². The van der Waals surface area contributed by atoms with Gasteiger partial charge in [-0.1, -0.05) is 24.4 Å². The van der Waals surface area contributed by atoms with Crippen LogP contribution in [0, 0.1) is 0 Å². The zero-order chi connectivity index (χ0) is 15.9. The summed E-state index contributed by atoms with van der Waals surface area (Å²) in [5, 5.41) is 24.5. The molecule has 0 bridgehead atoms. The first-order chi connectivity index (χ1) is 10.5. The van der Waals surface area contributed by atoms with Crippen LogP contribution in [0.1, 0.15) is 0 Å². The van der Waals surface area contributed by atoms with Crippen molar-refractivity contribution < 1.29 is 10.2 Å². The summed E-state index contributed by atoms with van der Waals surface area (Å²) in [6, 6.07) is 13.3. The van der Waals surface area contributed by atoms with Crippen LogP contribution >= 0.6 is 46.0 Å². The van der Waals surface area contributed by atoms with Crippen molar-refractivity contribution in [1.82, 2.24) is 0 Å². The lowest BCUT2D eigenvalue weighted by atomic mass is 10.3. The second-order valence-corrected chi connectivity index (χ2v) is 7.57.